The molecule has 0 heterocycles. The van der Waals surface area contributed by atoms with Crippen molar-refractivity contribution in [2.24, 2.45) is 0 Å². The quantitative estimate of drug-likeness (QED) is 0.625. The minimum absolute atomic E-state index is 0.428. The number of hydrogen-bond donors (Lipinski definition) is 0. The maximum absolute atomic E-state index is 5.53. The van der Waals surface area contributed by atoms with Gasteiger partial charge in [-0.2, -0.15) is 0 Å². The number of hydrogen-bond acceptors (Lipinski definition) is 1. The summed E-state index contributed by atoms with van der Waals surface area (Å²) < 4.78 is 4.67. The van der Waals surface area contributed by atoms with Gasteiger partial charge in [-0.1, -0.05) is 24.5 Å². The van der Waals surface area contributed by atoms with Crippen molar-refractivity contribution in [2.45, 2.75) is 13.2 Å². The van der Waals surface area contributed by atoms with E-state index in [0.717, 1.165) is 11.1 Å². The largest absolute Gasteiger partial charge is 0.568 e. The van der Waals surface area contributed by atoms with Gasteiger partial charge in [0.25, 0.3) is 0 Å². The molecule has 0 fully saturated rings. The van der Waals surface area contributed by atoms with E-state index in [-0.39, 0.29) is 0 Å². The summed E-state index contributed by atoms with van der Waals surface area (Å²) >= 11 is 0. The Hall–Kier alpha value is -1.11. The molecule has 13 heavy (non-hydrogen) atoms. The Morgan fingerprint density at radius 1 is 1.46 bits per heavy atom. The molecule has 0 aliphatic heterocycles. The molecule has 1 nitrogen and oxygen atoms in total. The van der Waals surface area contributed by atoms with E-state index in [1.54, 1.807) is 0 Å². The molecule has 0 bridgehead atoms. The monoisotopic (exact) mass is 168 g/mol. The van der Waals surface area contributed by atoms with Gasteiger partial charge in [0, 0.05) is 0 Å². The predicted octanol–water partition coefficient (Wildman–Crippen LogP) is 1.85. The van der Waals surface area contributed by atoms with Gasteiger partial charge in [-0.3, -0.25) is 0 Å². The molecule has 0 spiro atoms. The predicted molar refractivity (Wildman–Crippen MR) is 57.0 cm³/mol. The van der Waals surface area contributed by atoms with E-state index in [0.29, 0.717) is 12.1 Å². The number of allylic oxidation sites excluding steroid dienone is 1. The first kappa shape index (κ1) is 9.97. The lowest BCUT2D eigenvalue weighted by molar-refractivity contribution is 0.609. The first-order valence-electron chi connectivity index (χ1n) is 4.14. The molecular formula is C10H10B2O. The molecule has 4 radical (unpaired) electrons. The van der Waals surface area contributed by atoms with Gasteiger partial charge in [0.1, 0.15) is 5.75 Å². The fourth-order valence-corrected chi connectivity index (χ4v) is 1.17. The van der Waals surface area contributed by atoms with Gasteiger partial charge in [0.2, 0.25) is 0 Å². The van der Waals surface area contributed by atoms with Crippen LogP contribution in [0.4, 0.5) is 0 Å². The minimum atomic E-state index is 0.428. The average molecular weight is 168 g/mol. The van der Waals surface area contributed by atoms with Gasteiger partial charge in [0.05, 0.1) is 7.85 Å². The second-order valence-electron chi connectivity index (χ2n) is 2.69. The highest BCUT2D eigenvalue weighted by molar-refractivity contribution is 6.08. The fourth-order valence-electron chi connectivity index (χ4n) is 1.17. The Bertz CT molecular complexity index is 308. The van der Waals surface area contributed by atoms with Crippen molar-refractivity contribution in [1.82, 2.24) is 0 Å². The molecule has 0 aromatic heterocycles. The number of benzene rings is 1. The SMILES string of the molecule is [B]Cc1cc(/C=C/C)ccc1O[B]. The zero-order valence-corrected chi connectivity index (χ0v) is 7.66. The summed E-state index contributed by atoms with van der Waals surface area (Å²) in [6, 6.07) is 5.71. The lowest BCUT2D eigenvalue weighted by Gasteiger charge is -2.07. The summed E-state index contributed by atoms with van der Waals surface area (Å²) in [7, 11) is 10.6. The fraction of sp³-hybridized carbons (Fsp3) is 0.200. The molecule has 0 amide bonds. The summed E-state index contributed by atoms with van der Waals surface area (Å²) in [5.41, 5.74) is 2.02. The van der Waals surface area contributed by atoms with Crippen LogP contribution in [0.5, 0.6) is 5.75 Å². The normalized spacial score (nSPS) is 10.5. The van der Waals surface area contributed by atoms with E-state index < -0.39 is 0 Å². The highest BCUT2D eigenvalue weighted by atomic mass is 16.4. The van der Waals surface area contributed by atoms with Crippen LogP contribution in [-0.4, -0.2) is 15.9 Å². The van der Waals surface area contributed by atoms with Gasteiger partial charge in [-0.05, 0) is 30.2 Å². The van der Waals surface area contributed by atoms with Crippen molar-refractivity contribution < 1.29 is 4.65 Å². The average Bonchev–Trinajstić information content (AvgIpc) is 2.18. The molecule has 0 saturated heterocycles. The highest BCUT2D eigenvalue weighted by Gasteiger charge is 1.99. The minimum Gasteiger partial charge on any atom is -0.568 e. The van der Waals surface area contributed by atoms with Crippen molar-refractivity contribution >= 4 is 22.0 Å². The van der Waals surface area contributed by atoms with E-state index in [4.69, 9.17) is 15.9 Å². The summed E-state index contributed by atoms with van der Waals surface area (Å²) in [4.78, 5) is 0. The van der Waals surface area contributed by atoms with Crippen molar-refractivity contribution in [2.75, 3.05) is 0 Å². The van der Waals surface area contributed by atoms with Crippen LogP contribution in [0.3, 0.4) is 0 Å². The molecule has 0 aliphatic carbocycles. The van der Waals surface area contributed by atoms with Crippen LogP contribution < -0.4 is 4.65 Å². The van der Waals surface area contributed by atoms with Crippen LogP contribution >= 0.6 is 0 Å². The van der Waals surface area contributed by atoms with Gasteiger partial charge in [-0.15, -0.1) is 0 Å². The van der Waals surface area contributed by atoms with Crippen LogP contribution in [0.25, 0.3) is 6.08 Å². The Balaban J connectivity index is 3.05. The molecule has 3 heteroatoms. The molecule has 0 saturated carbocycles. The molecule has 62 valence electrons. The second kappa shape index (κ2) is 4.80. The molecule has 0 atom stereocenters. The highest BCUT2D eigenvalue weighted by Crippen LogP contribution is 2.20. The molecule has 1 aromatic rings. The summed E-state index contributed by atoms with van der Waals surface area (Å²) in [6.07, 6.45) is 4.40. The molecule has 1 rings (SSSR count). The summed E-state index contributed by atoms with van der Waals surface area (Å²) in [6.45, 7) is 1.97. The molecule has 1 aromatic carbocycles. The van der Waals surface area contributed by atoms with Crippen molar-refractivity contribution in [3.63, 3.8) is 0 Å². The third-order valence-electron chi connectivity index (χ3n) is 1.79. The third-order valence-corrected chi connectivity index (χ3v) is 1.79. The first-order valence-corrected chi connectivity index (χ1v) is 4.14. The topological polar surface area (TPSA) is 9.23 Å². The Morgan fingerprint density at radius 3 is 2.77 bits per heavy atom. The zero-order chi connectivity index (χ0) is 9.68. The van der Waals surface area contributed by atoms with Crippen LogP contribution in [0.15, 0.2) is 24.3 Å². The maximum atomic E-state index is 5.53. The van der Waals surface area contributed by atoms with Gasteiger partial charge < -0.3 is 4.65 Å². The van der Waals surface area contributed by atoms with E-state index in [2.05, 4.69) is 4.65 Å². The lowest BCUT2D eigenvalue weighted by Crippen LogP contribution is -1.93. The van der Waals surface area contributed by atoms with Crippen LogP contribution in [0.1, 0.15) is 18.1 Å². The first-order chi connectivity index (χ1) is 6.31. The maximum Gasteiger partial charge on any atom is 0.374 e. The van der Waals surface area contributed by atoms with Crippen LogP contribution in [0.2, 0.25) is 0 Å². The molecule has 0 unspecified atom stereocenters. The standard InChI is InChI=1S/C10H10B2O/c1-2-3-8-4-5-10(13-12)9(6-8)7-11/h2-6H,7H2,1H3/b3-2+. The zero-order valence-electron chi connectivity index (χ0n) is 7.66. The van der Waals surface area contributed by atoms with Crippen LogP contribution in [0, 0.1) is 0 Å². The van der Waals surface area contributed by atoms with E-state index >= 15 is 0 Å². The van der Waals surface area contributed by atoms with Crippen molar-refractivity contribution in [3.05, 3.63) is 35.4 Å². The lowest BCUT2D eigenvalue weighted by atomic mass is 9.94. The van der Waals surface area contributed by atoms with Gasteiger partial charge in [-0.25, -0.2) is 0 Å². The summed E-state index contributed by atoms with van der Waals surface area (Å²) in [5, 5.41) is 0. The van der Waals surface area contributed by atoms with Gasteiger partial charge in [0.15, 0.2) is 0 Å². The Labute approximate surface area is 81.7 Å². The summed E-state index contributed by atoms with van der Waals surface area (Å²) in [5.74, 6) is 0.635. The number of rotatable bonds is 3. The third kappa shape index (κ3) is 2.41. The van der Waals surface area contributed by atoms with Crippen molar-refractivity contribution in [1.29, 1.82) is 0 Å². The van der Waals surface area contributed by atoms with E-state index in [1.165, 1.54) is 0 Å². The molecule has 0 aliphatic rings. The molecule has 0 N–H and O–H groups in total. The second-order valence-corrected chi connectivity index (χ2v) is 2.69. The Kier molecular flexibility index (Phi) is 3.69. The Morgan fingerprint density at radius 2 is 2.23 bits per heavy atom. The van der Waals surface area contributed by atoms with Crippen molar-refractivity contribution in [3.8, 4) is 5.75 Å². The molecular weight excluding hydrogens is 158 g/mol. The smallest absolute Gasteiger partial charge is 0.374 e. The van der Waals surface area contributed by atoms with E-state index in [1.807, 2.05) is 37.3 Å². The van der Waals surface area contributed by atoms with Gasteiger partial charge >= 0.3 is 8.05 Å². The van der Waals surface area contributed by atoms with E-state index in [9.17, 15) is 0 Å². The van der Waals surface area contributed by atoms with Crippen LogP contribution in [-0.2, 0) is 6.32 Å².